The molecule has 8 nitrogen and oxygen atoms in total. The molecule has 0 bridgehead atoms. The van der Waals surface area contributed by atoms with Crippen molar-refractivity contribution in [3.63, 3.8) is 0 Å². The van der Waals surface area contributed by atoms with E-state index >= 15 is 0 Å². The maximum absolute atomic E-state index is 13.2. The van der Waals surface area contributed by atoms with Crippen molar-refractivity contribution in [3.05, 3.63) is 70.0 Å². The van der Waals surface area contributed by atoms with Gasteiger partial charge in [-0.2, -0.15) is 0 Å². The van der Waals surface area contributed by atoms with E-state index in [0.717, 1.165) is 25.7 Å². The summed E-state index contributed by atoms with van der Waals surface area (Å²) in [4.78, 5) is 38.2. The first-order chi connectivity index (χ1) is 15.0. The van der Waals surface area contributed by atoms with Gasteiger partial charge in [-0.1, -0.05) is 37.1 Å². The molecule has 0 aliphatic carbocycles. The average molecular weight is 421 g/mol. The van der Waals surface area contributed by atoms with E-state index in [4.69, 9.17) is 4.42 Å². The normalized spacial score (nSPS) is 14.3. The van der Waals surface area contributed by atoms with Crippen LogP contribution in [0.3, 0.4) is 0 Å². The quantitative estimate of drug-likeness (QED) is 0.481. The number of benzene rings is 2. The molecule has 0 atom stereocenters. The van der Waals surface area contributed by atoms with Crippen LogP contribution in [0.2, 0.25) is 0 Å². The molecule has 1 saturated heterocycles. The zero-order valence-corrected chi connectivity index (χ0v) is 17.0. The molecule has 160 valence electrons. The second-order valence-corrected chi connectivity index (χ2v) is 7.66. The van der Waals surface area contributed by atoms with Crippen LogP contribution in [0.5, 0.6) is 0 Å². The molecule has 1 aliphatic rings. The fourth-order valence-corrected chi connectivity index (χ4v) is 3.89. The highest BCUT2D eigenvalue weighted by molar-refractivity contribution is 6.11. The first-order valence-electron chi connectivity index (χ1n) is 10.4. The molecule has 1 aliphatic heterocycles. The zero-order valence-electron chi connectivity index (χ0n) is 17.0. The Hall–Kier alpha value is -3.68. The second-order valence-electron chi connectivity index (χ2n) is 7.66. The Labute approximate surface area is 179 Å². The lowest BCUT2D eigenvalue weighted by Crippen LogP contribution is -2.32. The minimum absolute atomic E-state index is 0.0570. The van der Waals surface area contributed by atoms with Gasteiger partial charge in [0.1, 0.15) is 11.3 Å². The van der Waals surface area contributed by atoms with Gasteiger partial charge in [0.25, 0.3) is 11.6 Å². The maximum atomic E-state index is 13.2. The molecule has 0 unspecified atom stereocenters. The van der Waals surface area contributed by atoms with E-state index in [-0.39, 0.29) is 29.7 Å². The van der Waals surface area contributed by atoms with Crippen molar-refractivity contribution in [1.29, 1.82) is 0 Å². The van der Waals surface area contributed by atoms with Crippen molar-refractivity contribution in [2.75, 3.05) is 18.4 Å². The highest BCUT2D eigenvalue weighted by atomic mass is 16.6. The number of nitro benzene ring substituents is 1. The number of nitrogens with zero attached hydrogens (tertiary/aromatic N) is 2. The summed E-state index contributed by atoms with van der Waals surface area (Å²) in [7, 11) is 0. The van der Waals surface area contributed by atoms with Crippen molar-refractivity contribution >= 4 is 34.2 Å². The lowest BCUT2D eigenvalue weighted by atomic mass is 10.1. The van der Waals surface area contributed by atoms with E-state index in [0.29, 0.717) is 35.3 Å². The number of nitro groups is 1. The third-order valence-corrected chi connectivity index (χ3v) is 5.43. The van der Waals surface area contributed by atoms with Crippen LogP contribution in [-0.2, 0) is 11.2 Å². The van der Waals surface area contributed by atoms with Crippen molar-refractivity contribution in [2.24, 2.45) is 0 Å². The van der Waals surface area contributed by atoms with Gasteiger partial charge in [-0.05, 0) is 30.5 Å². The SMILES string of the molecule is O=C(Cc1cccc([N+](=O)[O-])c1)Nc1c(C(=O)N2CCCCCC2)oc2ccccc12. The number of carbonyl (C=O) groups is 2. The number of anilines is 1. The summed E-state index contributed by atoms with van der Waals surface area (Å²) in [5.41, 5.74) is 1.31. The number of non-ortho nitro benzene ring substituents is 1. The number of rotatable bonds is 5. The lowest BCUT2D eigenvalue weighted by Gasteiger charge is -2.19. The number of para-hydroxylation sites is 1. The molecule has 0 spiro atoms. The van der Waals surface area contributed by atoms with Crippen molar-refractivity contribution < 1.29 is 18.9 Å². The first kappa shape index (κ1) is 20.6. The van der Waals surface area contributed by atoms with Gasteiger partial charge < -0.3 is 14.6 Å². The minimum atomic E-state index is -0.497. The predicted molar refractivity (Wildman–Crippen MR) is 116 cm³/mol. The first-order valence-corrected chi connectivity index (χ1v) is 10.4. The van der Waals surface area contributed by atoms with Crippen LogP contribution < -0.4 is 5.32 Å². The molecule has 1 fully saturated rings. The van der Waals surface area contributed by atoms with Gasteiger partial charge in [0.05, 0.1) is 11.3 Å². The monoisotopic (exact) mass is 421 g/mol. The molecule has 2 aromatic carbocycles. The van der Waals surface area contributed by atoms with Crippen LogP contribution >= 0.6 is 0 Å². The third-order valence-electron chi connectivity index (χ3n) is 5.43. The summed E-state index contributed by atoms with van der Waals surface area (Å²) in [6.07, 6.45) is 4.02. The van der Waals surface area contributed by atoms with Crippen molar-refractivity contribution in [2.45, 2.75) is 32.1 Å². The van der Waals surface area contributed by atoms with Gasteiger partial charge in [0, 0.05) is 30.6 Å². The van der Waals surface area contributed by atoms with E-state index in [1.807, 2.05) is 6.07 Å². The molecule has 8 heteroatoms. The Bertz CT molecular complexity index is 1130. The number of nitrogens with one attached hydrogen (secondary N) is 1. The number of furan rings is 1. The molecule has 2 amide bonds. The fourth-order valence-electron chi connectivity index (χ4n) is 3.89. The second kappa shape index (κ2) is 8.99. The number of likely N-dealkylation sites (tertiary alicyclic amines) is 1. The Kier molecular flexibility index (Phi) is 5.97. The lowest BCUT2D eigenvalue weighted by molar-refractivity contribution is -0.384. The maximum Gasteiger partial charge on any atom is 0.291 e. The number of amides is 2. The molecule has 0 saturated carbocycles. The van der Waals surface area contributed by atoms with Gasteiger partial charge >= 0.3 is 0 Å². The highest BCUT2D eigenvalue weighted by Gasteiger charge is 2.27. The number of carbonyl (C=O) groups excluding carboxylic acids is 2. The Morgan fingerprint density at radius 1 is 1.03 bits per heavy atom. The topological polar surface area (TPSA) is 106 Å². The van der Waals surface area contributed by atoms with Crippen LogP contribution in [0.15, 0.2) is 52.9 Å². The largest absolute Gasteiger partial charge is 0.449 e. The van der Waals surface area contributed by atoms with Gasteiger partial charge in [0.15, 0.2) is 0 Å². The van der Waals surface area contributed by atoms with Crippen molar-refractivity contribution in [1.82, 2.24) is 4.90 Å². The Morgan fingerprint density at radius 2 is 1.77 bits per heavy atom. The number of hydrogen-bond donors (Lipinski definition) is 1. The van der Waals surface area contributed by atoms with Crippen LogP contribution in [-0.4, -0.2) is 34.7 Å². The summed E-state index contributed by atoms with van der Waals surface area (Å²) < 4.78 is 5.86. The number of fused-ring (bicyclic) bond motifs is 1. The van der Waals surface area contributed by atoms with E-state index < -0.39 is 4.92 Å². The van der Waals surface area contributed by atoms with Gasteiger partial charge in [-0.3, -0.25) is 19.7 Å². The van der Waals surface area contributed by atoms with Crippen LogP contribution in [0.25, 0.3) is 11.0 Å². The highest BCUT2D eigenvalue weighted by Crippen LogP contribution is 2.32. The smallest absolute Gasteiger partial charge is 0.291 e. The summed E-state index contributed by atoms with van der Waals surface area (Å²) in [6.45, 7) is 1.33. The van der Waals surface area contributed by atoms with Gasteiger partial charge in [0.2, 0.25) is 11.7 Å². The zero-order chi connectivity index (χ0) is 21.8. The van der Waals surface area contributed by atoms with Crippen molar-refractivity contribution in [3.8, 4) is 0 Å². The van der Waals surface area contributed by atoms with Crippen LogP contribution in [0.4, 0.5) is 11.4 Å². The molecule has 4 rings (SSSR count). The summed E-state index contributed by atoms with van der Waals surface area (Å²) >= 11 is 0. The Morgan fingerprint density at radius 3 is 2.52 bits per heavy atom. The van der Waals surface area contributed by atoms with Gasteiger partial charge in [-0.25, -0.2) is 0 Å². The van der Waals surface area contributed by atoms with Gasteiger partial charge in [-0.15, -0.1) is 0 Å². The molecule has 31 heavy (non-hydrogen) atoms. The Balaban J connectivity index is 1.61. The molecule has 3 aromatic rings. The molecule has 1 aromatic heterocycles. The van der Waals surface area contributed by atoms with Crippen LogP contribution in [0.1, 0.15) is 41.8 Å². The summed E-state index contributed by atoms with van der Waals surface area (Å²) in [6, 6.07) is 13.1. The van der Waals surface area contributed by atoms with E-state index in [9.17, 15) is 19.7 Å². The molecular weight excluding hydrogens is 398 g/mol. The summed E-state index contributed by atoms with van der Waals surface area (Å²) in [5.74, 6) is -0.490. The third kappa shape index (κ3) is 4.58. The molecule has 0 radical (unpaired) electrons. The molecule has 1 N–H and O–H groups in total. The van der Waals surface area contributed by atoms with E-state index in [1.54, 1.807) is 35.2 Å². The fraction of sp³-hybridized carbons (Fsp3) is 0.304. The molecule has 2 heterocycles. The standard InChI is InChI=1S/C23H23N3O5/c27-20(15-16-8-7-9-17(14-16)26(29)30)24-21-18-10-3-4-11-19(18)31-22(21)23(28)25-12-5-1-2-6-13-25/h3-4,7-11,14H,1-2,5-6,12-13,15H2,(H,24,27). The molecular formula is C23H23N3O5. The number of hydrogen-bond acceptors (Lipinski definition) is 5. The minimum Gasteiger partial charge on any atom is -0.449 e. The summed E-state index contributed by atoms with van der Waals surface area (Å²) in [5, 5.41) is 14.4. The average Bonchev–Trinajstić information content (AvgIpc) is 2.93. The van der Waals surface area contributed by atoms with E-state index in [1.165, 1.54) is 12.1 Å². The van der Waals surface area contributed by atoms with Crippen LogP contribution in [0, 0.1) is 10.1 Å². The predicted octanol–water partition coefficient (Wildman–Crippen LogP) is 4.54. The van der Waals surface area contributed by atoms with E-state index in [2.05, 4.69) is 5.32 Å².